The second kappa shape index (κ2) is 6.28. The van der Waals surface area contributed by atoms with Crippen molar-refractivity contribution in [2.75, 3.05) is 13.7 Å². The van der Waals surface area contributed by atoms with Gasteiger partial charge in [0.15, 0.2) is 18.1 Å². The minimum absolute atomic E-state index is 0.0338. The summed E-state index contributed by atoms with van der Waals surface area (Å²) in [6, 6.07) is 7.36. The molecular formula is C10H15N4O2+. The third-order valence-corrected chi connectivity index (χ3v) is 1.68. The van der Waals surface area contributed by atoms with Gasteiger partial charge in [-0.05, 0) is 12.1 Å². The summed E-state index contributed by atoms with van der Waals surface area (Å²) in [6.45, 7) is 0.317. The molecule has 5 N–H and O–H groups in total. The number of rotatable bonds is 5. The van der Waals surface area contributed by atoms with Crippen molar-refractivity contribution in [3.05, 3.63) is 24.3 Å². The smallest absolute Gasteiger partial charge is 0.256 e. The van der Waals surface area contributed by atoms with Gasteiger partial charge >= 0.3 is 0 Å². The second-order valence-electron chi connectivity index (χ2n) is 2.83. The number of hydrazone groups is 1. The highest BCUT2D eigenvalue weighted by Crippen LogP contribution is 2.25. The molecule has 0 saturated heterocycles. The van der Waals surface area contributed by atoms with Gasteiger partial charge < -0.3 is 20.9 Å². The molecule has 6 nitrogen and oxygen atoms in total. The van der Waals surface area contributed by atoms with Crippen LogP contribution >= 0.6 is 0 Å². The predicted octanol–water partition coefficient (Wildman–Crippen LogP) is -1.59. The summed E-state index contributed by atoms with van der Waals surface area (Å²) < 4.78 is 10.5. The fourth-order valence-corrected chi connectivity index (χ4v) is 1.03. The standard InChI is InChI=1S/C10H14N4O2/c1-15-8-4-2-3-5-9(8)16-7-6-13-14-10(11)12/h2-6H,7H2,1H3,(H4,11,12,14)/p+1/b13-6+. The molecule has 1 rings (SSSR count). The van der Waals surface area contributed by atoms with E-state index in [1.165, 1.54) is 0 Å². The molecule has 0 atom stereocenters. The highest BCUT2D eigenvalue weighted by molar-refractivity contribution is 5.74. The van der Waals surface area contributed by atoms with Crippen molar-refractivity contribution in [2.45, 2.75) is 0 Å². The van der Waals surface area contributed by atoms with Crippen LogP contribution in [0.4, 0.5) is 0 Å². The molecule has 0 aromatic heterocycles. The number of nitrogens with two attached hydrogens (primary N) is 2. The van der Waals surface area contributed by atoms with Gasteiger partial charge in [-0.25, -0.2) is 0 Å². The minimum Gasteiger partial charge on any atom is -0.493 e. The third-order valence-electron chi connectivity index (χ3n) is 1.68. The van der Waals surface area contributed by atoms with Crippen LogP contribution in [0.15, 0.2) is 29.4 Å². The normalized spacial score (nSPS) is 10.1. The van der Waals surface area contributed by atoms with Crippen LogP contribution in [-0.4, -0.2) is 25.9 Å². The molecule has 16 heavy (non-hydrogen) atoms. The van der Waals surface area contributed by atoms with E-state index in [9.17, 15) is 0 Å². The van der Waals surface area contributed by atoms with E-state index in [-0.39, 0.29) is 5.96 Å². The van der Waals surface area contributed by atoms with Crippen molar-refractivity contribution in [1.82, 2.24) is 0 Å². The van der Waals surface area contributed by atoms with Crippen LogP contribution in [0.2, 0.25) is 0 Å². The first kappa shape index (κ1) is 11.8. The lowest BCUT2D eigenvalue weighted by Gasteiger charge is -2.06. The molecule has 0 fully saturated rings. The van der Waals surface area contributed by atoms with Crippen molar-refractivity contribution >= 4 is 12.2 Å². The quantitative estimate of drug-likeness (QED) is 0.318. The fraction of sp³-hybridized carbons (Fsp3) is 0.200. The summed E-state index contributed by atoms with van der Waals surface area (Å²) in [5.41, 5.74) is 10.2. The zero-order valence-electron chi connectivity index (χ0n) is 9.01. The van der Waals surface area contributed by atoms with E-state index in [0.29, 0.717) is 18.1 Å². The van der Waals surface area contributed by atoms with E-state index in [2.05, 4.69) is 10.2 Å². The monoisotopic (exact) mass is 223 g/mol. The third kappa shape index (κ3) is 3.87. The van der Waals surface area contributed by atoms with Gasteiger partial charge in [-0.1, -0.05) is 12.1 Å². The first-order valence-corrected chi connectivity index (χ1v) is 4.65. The van der Waals surface area contributed by atoms with E-state index >= 15 is 0 Å². The van der Waals surface area contributed by atoms with Gasteiger partial charge in [0, 0.05) is 5.10 Å². The number of hydrogen-bond donors (Lipinski definition) is 3. The van der Waals surface area contributed by atoms with E-state index in [0.717, 1.165) is 0 Å². The van der Waals surface area contributed by atoms with Crippen LogP contribution in [0.3, 0.4) is 0 Å². The molecule has 86 valence electrons. The lowest BCUT2D eigenvalue weighted by molar-refractivity contribution is -0.458. The summed E-state index contributed by atoms with van der Waals surface area (Å²) in [6.07, 6.45) is 1.58. The fourth-order valence-electron chi connectivity index (χ4n) is 1.03. The Morgan fingerprint density at radius 2 is 2.06 bits per heavy atom. The highest BCUT2D eigenvalue weighted by Gasteiger charge is 2.01. The van der Waals surface area contributed by atoms with Gasteiger partial charge in [-0.2, -0.15) is 0 Å². The van der Waals surface area contributed by atoms with E-state index in [1.807, 2.05) is 24.3 Å². The number of hydrogen-bond acceptors (Lipinski definition) is 3. The summed E-state index contributed by atoms with van der Waals surface area (Å²) in [4.78, 5) is 0. The largest absolute Gasteiger partial charge is 0.493 e. The molecule has 0 unspecified atom stereocenters. The Kier molecular flexibility index (Phi) is 4.65. The number of ether oxygens (including phenoxy) is 2. The Bertz CT molecular complexity index is 386. The van der Waals surface area contributed by atoms with Crippen LogP contribution < -0.4 is 26.0 Å². The number of guanidine groups is 1. The van der Waals surface area contributed by atoms with E-state index < -0.39 is 0 Å². The molecular weight excluding hydrogens is 208 g/mol. The number of benzene rings is 1. The zero-order valence-corrected chi connectivity index (χ0v) is 9.01. The Morgan fingerprint density at radius 3 is 2.69 bits per heavy atom. The summed E-state index contributed by atoms with van der Waals surface area (Å²) in [5, 5.41) is 6.09. The Morgan fingerprint density at radius 1 is 1.38 bits per heavy atom. The van der Waals surface area contributed by atoms with E-state index in [1.54, 1.807) is 13.3 Å². The summed E-state index contributed by atoms with van der Waals surface area (Å²) in [5.74, 6) is 1.30. The SMILES string of the molecule is COc1ccccc1OC/C=[NH+]/N=C(N)N. The Balaban J connectivity index is 2.48. The lowest BCUT2D eigenvalue weighted by atomic mass is 10.3. The van der Waals surface area contributed by atoms with Crippen molar-refractivity contribution in [3.63, 3.8) is 0 Å². The minimum atomic E-state index is -0.0338. The Hall–Kier alpha value is -2.24. The summed E-state index contributed by atoms with van der Waals surface area (Å²) in [7, 11) is 1.59. The van der Waals surface area contributed by atoms with Gasteiger partial charge in [0.1, 0.15) is 0 Å². The molecule has 0 radical (unpaired) electrons. The van der Waals surface area contributed by atoms with Gasteiger partial charge in [0.25, 0.3) is 5.96 Å². The zero-order chi connectivity index (χ0) is 11.8. The molecule has 0 aliphatic heterocycles. The average Bonchev–Trinajstić information content (AvgIpc) is 2.29. The van der Waals surface area contributed by atoms with Crippen LogP contribution in [0.5, 0.6) is 11.5 Å². The van der Waals surface area contributed by atoms with Gasteiger partial charge in [0.2, 0.25) is 6.21 Å². The van der Waals surface area contributed by atoms with Crippen LogP contribution in [-0.2, 0) is 0 Å². The molecule has 1 aromatic carbocycles. The maximum atomic E-state index is 5.42. The van der Waals surface area contributed by atoms with Crippen LogP contribution in [0.1, 0.15) is 0 Å². The number of methoxy groups -OCH3 is 1. The van der Waals surface area contributed by atoms with Crippen LogP contribution in [0.25, 0.3) is 0 Å². The highest BCUT2D eigenvalue weighted by atomic mass is 16.5. The van der Waals surface area contributed by atoms with Gasteiger partial charge in [-0.15, -0.1) is 5.10 Å². The summed E-state index contributed by atoms with van der Waals surface area (Å²) >= 11 is 0. The molecule has 0 saturated carbocycles. The molecule has 0 spiro atoms. The number of para-hydroxylation sites is 2. The first-order chi connectivity index (χ1) is 7.74. The van der Waals surface area contributed by atoms with E-state index in [4.69, 9.17) is 20.9 Å². The molecule has 1 aromatic rings. The van der Waals surface area contributed by atoms with Crippen molar-refractivity contribution < 1.29 is 14.6 Å². The maximum absolute atomic E-state index is 5.42. The lowest BCUT2D eigenvalue weighted by Crippen LogP contribution is -2.64. The Labute approximate surface area is 93.6 Å². The number of nitrogens with zero attached hydrogens (tertiary/aromatic N) is 1. The molecule has 0 bridgehead atoms. The molecule has 0 aliphatic rings. The number of nitrogens with one attached hydrogen (secondary N) is 1. The van der Waals surface area contributed by atoms with Crippen molar-refractivity contribution in [1.29, 1.82) is 0 Å². The second-order valence-corrected chi connectivity index (χ2v) is 2.83. The van der Waals surface area contributed by atoms with Gasteiger partial charge in [-0.3, -0.25) is 0 Å². The van der Waals surface area contributed by atoms with Crippen molar-refractivity contribution in [3.8, 4) is 11.5 Å². The molecule has 0 heterocycles. The average molecular weight is 223 g/mol. The topological polar surface area (TPSA) is 96.8 Å². The van der Waals surface area contributed by atoms with Crippen LogP contribution in [0, 0.1) is 0 Å². The first-order valence-electron chi connectivity index (χ1n) is 4.65. The molecule has 0 aliphatic carbocycles. The molecule has 0 amide bonds. The maximum Gasteiger partial charge on any atom is 0.256 e. The molecule has 6 heteroatoms. The van der Waals surface area contributed by atoms with Crippen molar-refractivity contribution in [2.24, 2.45) is 16.6 Å². The van der Waals surface area contributed by atoms with Gasteiger partial charge in [0.05, 0.1) is 7.11 Å². The predicted molar refractivity (Wildman–Crippen MR) is 61.3 cm³/mol.